The van der Waals surface area contributed by atoms with Gasteiger partial charge in [0.25, 0.3) is 0 Å². The van der Waals surface area contributed by atoms with Crippen molar-refractivity contribution in [2.75, 3.05) is 0 Å². The van der Waals surface area contributed by atoms with Gasteiger partial charge >= 0.3 is 0 Å². The number of benzene rings is 4. The second-order valence-electron chi connectivity index (χ2n) is 9.53. The fourth-order valence-electron chi connectivity index (χ4n) is 4.44. The number of hydrogen-bond acceptors (Lipinski definition) is 2. The van der Waals surface area contributed by atoms with Crippen LogP contribution in [0.15, 0.2) is 97.1 Å². The first-order valence-electron chi connectivity index (χ1n) is 12.1. The molecule has 0 radical (unpaired) electrons. The van der Waals surface area contributed by atoms with Gasteiger partial charge in [-0.05, 0) is 41.4 Å². The molecule has 0 saturated carbocycles. The van der Waals surface area contributed by atoms with E-state index in [-0.39, 0.29) is 10.9 Å². The number of ether oxygens (including phenoxy) is 1. The van der Waals surface area contributed by atoms with Gasteiger partial charge in [0, 0.05) is 22.7 Å². The van der Waals surface area contributed by atoms with Crippen LogP contribution in [-0.4, -0.2) is 5.78 Å². The summed E-state index contributed by atoms with van der Waals surface area (Å²) in [5.74, 6) is 1.07. The first kappa shape index (κ1) is 24.9. The number of aryl methyl sites for hydroxylation is 1. The van der Waals surface area contributed by atoms with Gasteiger partial charge in [0.1, 0.15) is 12.4 Å². The largest absolute Gasteiger partial charge is 0.488 e. The Morgan fingerprint density at radius 1 is 0.800 bits per heavy atom. The third kappa shape index (κ3) is 6.08. The number of ketones is 1. The van der Waals surface area contributed by atoms with Gasteiger partial charge in [-0.1, -0.05) is 119 Å². The monoisotopic (exact) mass is 480 g/mol. The van der Waals surface area contributed by atoms with E-state index >= 15 is 0 Å². The molecule has 0 heterocycles. The van der Waals surface area contributed by atoms with Crippen molar-refractivity contribution in [3.05, 3.63) is 130 Å². The van der Waals surface area contributed by atoms with Crippen LogP contribution in [-0.2, 0) is 18.2 Å². The van der Waals surface area contributed by atoms with E-state index in [1.807, 2.05) is 36.4 Å². The third-order valence-electron chi connectivity index (χ3n) is 6.32. The fraction of sp³-hybridized carbons (Fsp3) is 0.219. The summed E-state index contributed by atoms with van der Waals surface area (Å²) in [6, 6.07) is 33.4. The lowest BCUT2D eigenvalue weighted by Gasteiger charge is -2.30. The van der Waals surface area contributed by atoms with Crippen LogP contribution in [0.1, 0.15) is 58.9 Å². The average Bonchev–Trinajstić information content (AvgIpc) is 2.85. The minimum atomic E-state index is -0.213. The zero-order valence-corrected chi connectivity index (χ0v) is 22.0. The standard InChI is InChI=1S/C32H33O2P/c1-23-13-11-19-28(24(2)33)31(23)35-32(3,4)29-20-12-18-27(21-25-14-7-5-8-15-25)30(29)34-22-26-16-9-6-10-17-26/h5-20,35H,21-22H2,1-4H3. The molecule has 0 N–H and O–H groups in total. The van der Waals surface area contributed by atoms with Crippen LogP contribution in [0.25, 0.3) is 0 Å². The maximum atomic E-state index is 12.4. The first-order valence-corrected chi connectivity index (χ1v) is 13.1. The maximum absolute atomic E-state index is 12.4. The Labute approximate surface area is 211 Å². The molecule has 35 heavy (non-hydrogen) atoms. The van der Waals surface area contributed by atoms with Gasteiger partial charge in [-0.15, -0.1) is 0 Å². The van der Waals surface area contributed by atoms with Crippen molar-refractivity contribution < 1.29 is 9.53 Å². The van der Waals surface area contributed by atoms with Crippen LogP contribution in [0.3, 0.4) is 0 Å². The zero-order chi connectivity index (χ0) is 24.8. The van der Waals surface area contributed by atoms with Gasteiger partial charge in [0.2, 0.25) is 0 Å². The Morgan fingerprint density at radius 3 is 2.09 bits per heavy atom. The molecule has 0 aliphatic carbocycles. The van der Waals surface area contributed by atoms with E-state index in [0.29, 0.717) is 15.2 Å². The van der Waals surface area contributed by atoms with E-state index in [4.69, 9.17) is 4.74 Å². The van der Waals surface area contributed by atoms with Gasteiger partial charge in [-0.3, -0.25) is 4.79 Å². The highest BCUT2D eigenvalue weighted by molar-refractivity contribution is 7.48. The molecule has 4 aromatic carbocycles. The Balaban J connectivity index is 1.75. The van der Waals surface area contributed by atoms with E-state index in [2.05, 4.69) is 81.4 Å². The van der Waals surface area contributed by atoms with E-state index in [1.165, 1.54) is 16.7 Å². The molecule has 4 rings (SSSR count). The first-order chi connectivity index (χ1) is 16.8. The number of para-hydroxylation sites is 1. The minimum Gasteiger partial charge on any atom is -0.488 e. The van der Waals surface area contributed by atoms with E-state index in [1.54, 1.807) is 6.92 Å². The molecular formula is C32H33O2P. The van der Waals surface area contributed by atoms with Crippen molar-refractivity contribution in [2.24, 2.45) is 0 Å². The van der Waals surface area contributed by atoms with Crippen LogP contribution < -0.4 is 10.0 Å². The van der Waals surface area contributed by atoms with Crippen LogP contribution in [0, 0.1) is 6.92 Å². The van der Waals surface area contributed by atoms with Crippen LogP contribution in [0.2, 0.25) is 0 Å². The summed E-state index contributed by atoms with van der Waals surface area (Å²) < 4.78 is 6.60. The summed E-state index contributed by atoms with van der Waals surface area (Å²) in [7, 11) is 0.430. The lowest BCUT2D eigenvalue weighted by Crippen LogP contribution is -2.21. The molecule has 0 aromatic heterocycles. The van der Waals surface area contributed by atoms with E-state index in [0.717, 1.165) is 34.2 Å². The molecule has 4 aromatic rings. The molecule has 0 bridgehead atoms. The maximum Gasteiger partial charge on any atom is 0.160 e. The van der Waals surface area contributed by atoms with Gasteiger partial charge in [0.05, 0.1) is 0 Å². The Hall–Kier alpha value is -3.22. The second kappa shape index (κ2) is 11.0. The summed E-state index contributed by atoms with van der Waals surface area (Å²) in [6.45, 7) is 8.80. The third-order valence-corrected chi connectivity index (χ3v) is 8.13. The smallest absolute Gasteiger partial charge is 0.160 e. The molecule has 178 valence electrons. The molecule has 0 amide bonds. The number of Topliss-reactive ketones (excluding diaryl/α,β-unsaturated/α-hetero) is 1. The van der Waals surface area contributed by atoms with Crippen molar-refractivity contribution in [3.8, 4) is 5.75 Å². The summed E-state index contributed by atoms with van der Waals surface area (Å²) in [6.07, 6.45) is 0.807. The van der Waals surface area contributed by atoms with Crippen molar-refractivity contribution >= 4 is 19.7 Å². The number of hydrogen-bond donors (Lipinski definition) is 0. The van der Waals surface area contributed by atoms with Gasteiger partial charge in [0.15, 0.2) is 5.78 Å². The fourth-order valence-corrected chi connectivity index (χ4v) is 6.07. The van der Waals surface area contributed by atoms with Crippen LogP contribution >= 0.6 is 8.58 Å². The van der Waals surface area contributed by atoms with Crippen molar-refractivity contribution in [2.45, 2.75) is 45.9 Å². The van der Waals surface area contributed by atoms with E-state index < -0.39 is 0 Å². The summed E-state index contributed by atoms with van der Waals surface area (Å²) in [4.78, 5) is 12.4. The molecule has 2 nitrogen and oxygen atoms in total. The highest BCUT2D eigenvalue weighted by Crippen LogP contribution is 2.46. The SMILES string of the molecule is CC(=O)c1cccc(C)c1PC(C)(C)c1cccc(Cc2ccccc2)c1OCc1ccccc1. The summed E-state index contributed by atoms with van der Waals surface area (Å²) in [5.41, 5.74) is 6.75. The quantitative estimate of drug-likeness (QED) is 0.182. The van der Waals surface area contributed by atoms with Gasteiger partial charge in [-0.2, -0.15) is 0 Å². The van der Waals surface area contributed by atoms with Crippen molar-refractivity contribution in [1.82, 2.24) is 0 Å². The van der Waals surface area contributed by atoms with Crippen LogP contribution in [0.5, 0.6) is 5.75 Å². The molecule has 1 atom stereocenters. The Morgan fingerprint density at radius 2 is 1.43 bits per heavy atom. The lowest BCUT2D eigenvalue weighted by molar-refractivity contribution is 0.101. The normalized spacial score (nSPS) is 11.7. The second-order valence-corrected chi connectivity index (χ2v) is 11.5. The predicted molar refractivity (Wildman–Crippen MR) is 149 cm³/mol. The highest BCUT2D eigenvalue weighted by Gasteiger charge is 2.29. The number of carbonyl (C=O) groups excluding carboxylic acids is 1. The van der Waals surface area contributed by atoms with Crippen molar-refractivity contribution in [3.63, 3.8) is 0 Å². The minimum absolute atomic E-state index is 0.116. The Kier molecular flexibility index (Phi) is 7.83. The van der Waals surface area contributed by atoms with Gasteiger partial charge < -0.3 is 4.74 Å². The Bertz CT molecular complexity index is 1290. The highest BCUT2D eigenvalue weighted by atomic mass is 31.1. The molecule has 3 heteroatoms. The van der Waals surface area contributed by atoms with Crippen molar-refractivity contribution in [1.29, 1.82) is 0 Å². The number of rotatable bonds is 9. The summed E-state index contributed by atoms with van der Waals surface area (Å²) >= 11 is 0. The molecule has 0 spiro atoms. The topological polar surface area (TPSA) is 26.3 Å². The molecule has 0 aliphatic rings. The molecule has 1 unspecified atom stereocenters. The molecule has 0 aliphatic heterocycles. The molecular weight excluding hydrogens is 447 g/mol. The van der Waals surface area contributed by atoms with Gasteiger partial charge in [-0.25, -0.2) is 0 Å². The summed E-state index contributed by atoms with van der Waals surface area (Å²) in [5, 5.41) is 0.933. The average molecular weight is 481 g/mol. The molecule has 0 saturated heterocycles. The zero-order valence-electron chi connectivity index (χ0n) is 21.0. The lowest BCUT2D eigenvalue weighted by atomic mass is 9.95. The predicted octanol–water partition coefficient (Wildman–Crippen LogP) is 7.61. The molecule has 0 fully saturated rings. The number of carbonyl (C=O) groups is 1. The van der Waals surface area contributed by atoms with E-state index in [9.17, 15) is 4.79 Å². The van der Waals surface area contributed by atoms with Crippen LogP contribution in [0.4, 0.5) is 0 Å².